The molecule has 0 radical (unpaired) electrons. The highest BCUT2D eigenvalue weighted by atomic mass is 32.2. The number of ether oxygens (including phenoxy) is 1. The molecule has 0 bridgehead atoms. The molecule has 184 valence electrons. The average Bonchev–Trinajstić information content (AvgIpc) is 2.82. The highest BCUT2D eigenvalue weighted by molar-refractivity contribution is 7.98. The SMILES string of the molecule is CCOC(=O)c1cnc(SC)nc1NC[C@]1(C)CCC[C@]2(C)c3ccc(C(C)C)cc3CC[C@@H]12. The number of nitrogens with one attached hydrogen (secondary N) is 1. The van der Waals surface area contributed by atoms with Gasteiger partial charge in [0.1, 0.15) is 11.4 Å². The van der Waals surface area contributed by atoms with Gasteiger partial charge in [0, 0.05) is 12.7 Å². The summed E-state index contributed by atoms with van der Waals surface area (Å²) in [4.78, 5) is 21.5. The molecule has 2 aromatic rings. The molecule has 4 rings (SSSR count). The number of aromatic nitrogens is 2. The first-order chi connectivity index (χ1) is 16.2. The third kappa shape index (κ3) is 4.58. The monoisotopic (exact) mass is 481 g/mol. The van der Waals surface area contributed by atoms with Crippen molar-refractivity contribution in [3.05, 3.63) is 46.6 Å². The van der Waals surface area contributed by atoms with Crippen molar-refractivity contribution >= 4 is 23.5 Å². The summed E-state index contributed by atoms with van der Waals surface area (Å²) in [5.41, 5.74) is 5.25. The fourth-order valence-corrected chi connectivity index (χ4v) is 6.80. The molecule has 0 saturated heterocycles. The van der Waals surface area contributed by atoms with Gasteiger partial charge in [0.05, 0.1) is 6.61 Å². The van der Waals surface area contributed by atoms with Gasteiger partial charge in [-0.15, -0.1) is 0 Å². The molecule has 2 aliphatic carbocycles. The number of thioether (sulfide) groups is 1. The van der Waals surface area contributed by atoms with Gasteiger partial charge in [-0.1, -0.05) is 64.1 Å². The lowest BCUT2D eigenvalue weighted by Crippen LogP contribution is -2.51. The van der Waals surface area contributed by atoms with Gasteiger partial charge in [0.15, 0.2) is 5.16 Å². The van der Waals surface area contributed by atoms with Crippen molar-refractivity contribution in [1.29, 1.82) is 0 Å². The van der Waals surface area contributed by atoms with E-state index < -0.39 is 0 Å². The Kier molecular flexibility index (Phi) is 7.28. The van der Waals surface area contributed by atoms with E-state index in [9.17, 15) is 4.79 Å². The minimum atomic E-state index is -0.371. The number of hydrogen-bond donors (Lipinski definition) is 1. The van der Waals surface area contributed by atoms with E-state index in [2.05, 4.69) is 61.2 Å². The van der Waals surface area contributed by atoms with Crippen molar-refractivity contribution in [2.24, 2.45) is 11.3 Å². The van der Waals surface area contributed by atoms with E-state index in [1.165, 1.54) is 43.0 Å². The Morgan fingerprint density at radius 1 is 1.29 bits per heavy atom. The van der Waals surface area contributed by atoms with Crippen LogP contribution in [0.4, 0.5) is 5.82 Å². The van der Waals surface area contributed by atoms with Crippen LogP contribution in [-0.4, -0.2) is 35.3 Å². The molecular formula is C28H39N3O2S. The summed E-state index contributed by atoms with van der Waals surface area (Å²) >= 11 is 1.48. The number of rotatable bonds is 7. The van der Waals surface area contributed by atoms with Gasteiger partial charge in [0.2, 0.25) is 0 Å². The van der Waals surface area contributed by atoms with Gasteiger partial charge in [-0.2, -0.15) is 0 Å². The third-order valence-corrected chi connectivity index (χ3v) is 8.83. The van der Waals surface area contributed by atoms with E-state index >= 15 is 0 Å². The van der Waals surface area contributed by atoms with Crippen LogP contribution in [0.3, 0.4) is 0 Å². The molecule has 1 heterocycles. The smallest absolute Gasteiger partial charge is 0.343 e. The Morgan fingerprint density at radius 3 is 2.79 bits per heavy atom. The lowest BCUT2D eigenvalue weighted by Gasteiger charge is -2.55. The van der Waals surface area contributed by atoms with E-state index in [0.717, 1.165) is 13.0 Å². The highest BCUT2D eigenvalue weighted by Crippen LogP contribution is 2.57. The lowest BCUT2D eigenvalue weighted by molar-refractivity contribution is 0.0357. The van der Waals surface area contributed by atoms with Gasteiger partial charge in [-0.3, -0.25) is 0 Å². The minimum Gasteiger partial charge on any atom is -0.462 e. The number of aryl methyl sites for hydroxylation is 1. The number of benzene rings is 1. The van der Waals surface area contributed by atoms with Crippen LogP contribution in [-0.2, 0) is 16.6 Å². The van der Waals surface area contributed by atoms with E-state index in [4.69, 9.17) is 4.74 Å². The summed E-state index contributed by atoms with van der Waals surface area (Å²) < 4.78 is 5.26. The highest BCUT2D eigenvalue weighted by Gasteiger charge is 2.51. The minimum absolute atomic E-state index is 0.109. The Bertz CT molecular complexity index is 1060. The Labute approximate surface area is 208 Å². The first-order valence-corrected chi connectivity index (χ1v) is 13.9. The summed E-state index contributed by atoms with van der Waals surface area (Å²) in [6, 6.07) is 7.23. The van der Waals surface area contributed by atoms with Crippen LogP contribution in [0.25, 0.3) is 0 Å². The van der Waals surface area contributed by atoms with Crippen LogP contribution in [0.1, 0.15) is 93.3 Å². The number of carbonyl (C=O) groups is 1. The maximum atomic E-state index is 12.5. The molecule has 1 aromatic heterocycles. The largest absolute Gasteiger partial charge is 0.462 e. The van der Waals surface area contributed by atoms with Crippen LogP contribution < -0.4 is 5.32 Å². The molecule has 0 unspecified atom stereocenters. The maximum Gasteiger partial charge on any atom is 0.343 e. The number of fused-ring (bicyclic) bond motifs is 3. The first kappa shape index (κ1) is 25.0. The molecule has 34 heavy (non-hydrogen) atoms. The average molecular weight is 482 g/mol. The number of esters is 1. The van der Waals surface area contributed by atoms with Crippen molar-refractivity contribution in [3.8, 4) is 0 Å². The van der Waals surface area contributed by atoms with E-state index in [-0.39, 0.29) is 16.8 Å². The Hall–Kier alpha value is -2.08. The number of carbonyl (C=O) groups excluding carboxylic acids is 1. The second-order valence-electron chi connectivity index (χ2n) is 10.8. The molecule has 1 saturated carbocycles. The molecule has 0 spiro atoms. The predicted octanol–water partition coefficient (Wildman–Crippen LogP) is 6.62. The van der Waals surface area contributed by atoms with Gasteiger partial charge in [-0.25, -0.2) is 14.8 Å². The van der Waals surface area contributed by atoms with Crippen molar-refractivity contribution in [3.63, 3.8) is 0 Å². The summed E-state index contributed by atoms with van der Waals surface area (Å²) in [5.74, 6) is 1.35. The van der Waals surface area contributed by atoms with Crippen molar-refractivity contribution in [2.75, 3.05) is 24.7 Å². The normalized spacial score (nSPS) is 26.0. The zero-order valence-electron chi connectivity index (χ0n) is 21.5. The third-order valence-electron chi connectivity index (χ3n) is 8.27. The van der Waals surface area contributed by atoms with E-state index in [1.54, 1.807) is 17.3 Å². The Morgan fingerprint density at radius 2 is 2.09 bits per heavy atom. The van der Waals surface area contributed by atoms with Crippen LogP contribution in [0.5, 0.6) is 0 Å². The van der Waals surface area contributed by atoms with Crippen LogP contribution >= 0.6 is 11.8 Å². The van der Waals surface area contributed by atoms with Crippen molar-refractivity contribution in [1.82, 2.24) is 9.97 Å². The van der Waals surface area contributed by atoms with E-state index in [0.29, 0.717) is 35.0 Å². The predicted molar refractivity (Wildman–Crippen MR) is 140 cm³/mol. The van der Waals surface area contributed by atoms with Gasteiger partial charge >= 0.3 is 5.97 Å². The van der Waals surface area contributed by atoms with Crippen molar-refractivity contribution in [2.45, 2.75) is 83.2 Å². The summed E-state index contributed by atoms with van der Waals surface area (Å²) in [6.45, 7) is 12.4. The fourth-order valence-electron chi connectivity index (χ4n) is 6.46. The summed E-state index contributed by atoms with van der Waals surface area (Å²) in [5, 5.41) is 4.22. The quantitative estimate of drug-likeness (QED) is 0.272. The molecule has 1 N–H and O–H groups in total. The van der Waals surface area contributed by atoms with Gasteiger partial charge in [-0.05, 0) is 78.2 Å². The zero-order valence-corrected chi connectivity index (χ0v) is 22.3. The molecule has 0 amide bonds. The molecule has 3 atom stereocenters. The summed E-state index contributed by atoms with van der Waals surface area (Å²) in [6.07, 6.45) is 9.50. The maximum absolute atomic E-state index is 12.5. The molecule has 2 aliphatic rings. The van der Waals surface area contributed by atoms with Crippen LogP contribution in [0, 0.1) is 11.3 Å². The van der Waals surface area contributed by atoms with Gasteiger partial charge in [0.25, 0.3) is 0 Å². The number of nitrogens with zero attached hydrogens (tertiary/aromatic N) is 2. The molecule has 0 aliphatic heterocycles. The van der Waals surface area contributed by atoms with Crippen LogP contribution in [0.15, 0.2) is 29.6 Å². The second kappa shape index (κ2) is 9.88. The zero-order chi connectivity index (χ0) is 24.5. The molecular weight excluding hydrogens is 442 g/mol. The molecule has 1 aromatic carbocycles. The van der Waals surface area contributed by atoms with Crippen LogP contribution in [0.2, 0.25) is 0 Å². The first-order valence-electron chi connectivity index (χ1n) is 12.7. The van der Waals surface area contributed by atoms with Gasteiger partial charge < -0.3 is 10.1 Å². The summed E-state index contributed by atoms with van der Waals surface area (Å²) in [7, 11) is 0. The second-order valence-corrected chi connectivity index (χ2v) is 11.6. The molecule has 5 nitrogen and oxygen atoms in total. The number of anilines is 1. The van der Waals surface area contributed by atoms with Crippen molar-refractivity contribution < 1.29 is 9.53 Å². The number of hydrogen-bond acceptors (Lipinski definition) is 6. The standard InChI is InChI=1S/C28H39N3O2S/c1-7-33-25(32)21-16-29-26(34-6)31-24(21)30-17-27(4)13-8-14-28(5)22-11-9-19(18(2)3)15-20(22)10-12-23(27)28/h9,11,15-16,18,23H,7-8,10,12-14,17H2,1-6H3,(H,29,30,31)/t23-,27-,28+/m0/s1. The molecule has 1 fully saturated rings. The van der Waals surface area contributed by atoms with E-state index in [1.807, 2.05) is 13.2 Å². The lowest BCUT2D eigenvalue weighted by atomic mass is 9.49. The Balaban J connectivity index is 1.61. The molecule has 6 heteroatoms. The fraction of sp³-hybridized carbons (Fsp3) is 0.607. The topological polar surface area (TPSA) is 64.1 Å².